The molecule has 0 aliphatic heterocycles. The Balaban J connectivity index is 1.16. The van der Waals surface area contributed by atoms with E-state index in [1.54, 1.807) is 0 Å². The topological polar surface area (TPSA) is 51.8 Å². The van der Waals surface area contributed by atoms with Gasteiger partial charge in [0.25, 0.3) is 0 Å². The molecule has 0 radical (unpaired) electrons. The van der Waals surface area contributed by atoms with E-state index in [-0.39, 0.29) is 0 Å². The monoisotopic (exact) mass is 577 g/mol. The maximum Gasteiger partial charge on any atom is 0.164 e. The van der Waals surface area contributed by atoms with Gasteiger partial charge in [-0.2, -0.15) is 0 Å². The first-order valence-electron chi connectivity index (χ1n) is 15.3. The Morgan fingerprint density at radius 1 is 0.400 bits per heavy atom. The first-order valence-corrected chi connectivity index (χ1v) is 15.3. The molecule has 9 rings (SSSR count). The molecule has 0 N–H and O–H groups in total. The number of aryl methyl sites for hydroxylation is 2. The number of hydrogen-bond acceptors (Lipinski definition) is 4. The van der Waals surface area contributed by atoms with E-state index in [1.165, 1.54) is 27.8 Å². The predicted octanol–water partition coefficient (Wildman–Crippen LogP) is 10.2. The lowest BCUT2D eigenvalue weighted by atomic mass is 9.84. The summed E-state index contributed by atoms with van der Waals surface area (Å²) >= 11 is 0. The first-order chi connectivity index (χ1) is 22.3. The molecule has 4 heteroatoms. The second kappa shape index (κ2) is 10.4. The van der Waals surface area contributed by atoms with Crippen LogP contribution in [-0.4, -0.2) is 15.0 Å². The van der Waals surface area contributed by atoms with Gasteiger partial charge in [0.05, 0.1) is 0 Å². The fourth-order valence-electron chi connectivity index (χ4n) is 6.61. The van der Waals surface area contributed by atoms with E-state index < -0.39 is 0 Å². The van der Waals surface area contributed by atoms with Gasteiger partial charge in [-0.1, -0.05) is 121 Å². The van der Waals surface area contributed by atoms with E-state index in [2.05, 4.69) is 78.9 Å². The van der Waals surface area contributed by atoms with Gasteiger partial charge < -0.3 is 4.42 Å². The Morgan fingerprint density at radius 2 is 1.00 bits per heavy atom. The lowest BCUT2D eigenvalue weighted by Gasteiger charge is -2.20. The molecule has 0 bridgehead atoms. The van der Waals surface area contributed by atoms with E-state index in [4.69, 9.17) is 19.4 Å². The zero-order valence-corrected chi connectivity index (χ0v) is 24.4. The number of para-hydroxylation sites is 1. The summed E-state index contributed by atoms with van der Waals surface area (Å²) in [6.07, 6.45) is 2.18. The van der Waals surface area contributed by atoms with Crippen molar-refractivity contribution in [3.8, 4) is 56.4 Å². The minimum Gasteiger partial charge on any atom is -0.456 e. The largest absolute Gasteiger partial charge is 0.456 e. The van der Waals surface area contributed by atoms with Crippen LogP contribution in [-0.2, 0) is 12.8 Å². The maximum absolute atomic E-state index is 6.18. The van der Waals surface area contributed by atoms with Crippen molar-refractivity contribution < 1.29 is 4.42 Å². The second-order valence-electron chi connectivity index (χ2n) is 11.6. The van der Waals surface area contributed by atoms with Crippen LogP contribution in [0.15, 0.2) is 144 Å². The van der Waals surface area contributed by atoms with Crippen molar-refractivity contribution >= 4 is 21.9 Å². The van der Waals surface area contributed by atoms with Crippen LogP contribution in [0.5, 0.6) is 0 Å². The van der Waals surface area contributed by atoms with Crippen LogP contribution in [0.1, 0.15) is 11.1 Å². The Bertz CT molecular complexity index is 2370. The van der Waals surface area contributed by atoms with Crippen molar-refractivity contribution in [2.45, 2.75) is 12.8 Å². The summed E-state index contributed by atoms with van der Waals surface area (Å²) in [5.74, 6) is 1.89. The van der Waals surface area contributed by atoms with Gasteiger partial charge in [0, 0.05) is 27.5 Å². The van der Waals surface area contributed by atoms with E-state index in [0.717, 1.165) is 57.0 Å². The van der Waals surface area contributed by atoms with E-state index >= 15 is 0 Å². The van der Waals surface area contributed by atoms with Crippen molar-refractivity contribution in [3.63, 3.8) is 0 Å². The predicted molar refractivity (Wildman–Crippen MR) is 182 cm³/mol. The van der Waals surface area contributed by atoms with Crippen LogP contribution in [0, 0.1) is 0 Å². The maximum atomic E-state index is 6.18. The molecule has 2 heterocycles. The van der Waals surface area contributed by atoms with Crippen LogP contribution in [0.25, 0.3) is 78.4 Å². The van der Waals surface area contributed by atoms with Crippen molar-refractivity contribution in [1.29, 1.82) is 0 Å². The molecule has 0 fully saturated rings. The Morgan fingerprint density at radius 3 is 1.84 bits per heavy atom. The van der Waals surface area contributed by atoms with Gasteiger partial charge >= 0.3 is 0 Å². The molecule has 0 amide bonds. The van der Waals surface area contributed by atoms with Crippen LogP contribution >= 0.6 is 0 Å². The first kappa shape index (κ1) is 25.6. The zero-order chi connectivity index (χ0) is 29.7. The fourth-order valence-corrected chi connectivity index (χ4v) is 6.61. The normalized spacial score (nSPS) is 12.3. The molecule has 212 valence electrons. The van der Waals surface area contributed by atoms with Gasteiger partial charge in [-0.15, -0.1) is 0 Å². The average Bonchev–Trinajstić information content (AvgIpc) is 3.51. The summed E-state index contributed by atoms with van der Waals surface area (Å²) in [6, 6.07) is 48.5. The quantitative estimate of drug-likeness (QED) is 0.209. The SMILES string of the molecule is c1ccc(-c2nc(-c3ccc(-c4ccc5c(c4)-c4ccccc4CC5)cc3)nc(-c3cccc4oc5ccccc5c34)n2)cc1. The number of hydrogen-bond donors (Lipinski definition) is 0. The molecule has 0 saturated heterocycles. The summed E-state index contributed by atoms with van der Waals surface area (Å²) in [5, 5.41) is 2.05. The number of nitrogens with zero attached hydrogens (tertiary/aromatic N) is 3. The number of fused-ring (bicyclic) bond motifs is 6. The summed E-state index contributed by atoms with van der Waals surface area (Å²) in [7, 11) is 0. The standard InChI is InChI=1S/C41H27N3O/c1-2-10-29(11-3-1)39-42-40(44-41(43-39)34-14-8-16-37-38(34)33-13-6-7-15-36(33)45-37)30-22-17-26(18-23-30)31-24-21-28-20-19-27-9-4-5-12-32(27)35(28)25-31/h1-18,21-25H,19-20H2. The summed E-state index contributed by atoms with van der Waals surface area (Å²) < 4.78 is 6.18. The lowest BCUT2D eigenvalue weighted by Crippen LogP contribution is -2.03. The number of furan rings is 1. The minimum atomic E-state index is 0.619. The molecular formula is C41H27N3O. The summed E-state index contributed by atoms with van der Waals surface area (Å²) in [5.41, 5.74) is 12.4. The Labute approximate surface area is 260 Å². The highest BCUT2D eigenvalue weighted by atomic mass is 16.3. The van der Waals surface area contributed by atoms with Gasteiger partial charge in [0.1, 0.15) is 11.2 Å². The molecule has 6 aromatic carbocycles. The number of rotatable bonds is 4. The van der Waals surface area contributed by atoms with Gasteiger partial charge in [0.2, 0.25) is 0 Å². The van der Waals surface area contributed by atoms with Crippen molar-refractivity contribution in [3.05, 3.63) is 151 Å². The van der Waals surface area contributed by atoms with Gasteiger partial charge in [-0.05, 0) is 64.4 Å². The molecular weight excluding hydrogens is 550 g/mol. The second-order valence-corrected chi connectivity index (χ2v) is 11.6. The Hall–Kier alpha value is -5.87. The fraction of sp³-hybridized carbons (Fsp3) is 0.0488. The van der Waals surface area contributed by atoms with E-state index in [0.29, 0.717) is 17.5 Å². The van der Waals surface area contributed by atoms with Crippen LogP contribution in [0.3, 0.4) is 0 Å². The highest BCUT2D eigenvalue weighted by Crippen LogP contribution is 2.38. The zero-order valence-electron chi connectivity index (χ0n) is 24.4. The Kier molecular flexibility index (Phi) is 5.91. The highest BCUT2D eigenvalue weighted by molar-refractivity contribution is 6.11. The minimum absolute atomic E-state index is 0.619. The van der Waals surface area contributed by atoms with Crippen molar-refractivity contribution in [2.75, 3.05) is 0 Å². The lowest BCUT2D eigenvalue weighted by molar-refractivity contribution is 0.669. The van der Waals surface area contributed by atoms with E-state index in [9.17, 15) is 0 Å². The molecule has 2 aromatic heterocycles. The van der Waals surface area contributed by atoms with Gasteiger partial charge in [-0.3, -0.25) is 0 Å². The van der Waals surface area contributed by atoms with Crippen LogP contribution in [0.4, 0.5) is 0 Å². The molecule has 4 nitrogen and oxygen atoms in total. The smallest absolute Gasteiger partial charge is 0.164 e. The third-order valence-corrected chi connectivity index (χ3v) is 8.87. The third-order valence-electron chi connectivity index (χ3n) is 8.87. The molecule has 0 spiro atoms. The van der Waals surface area contributed by atoms with Crippen molar-refractivity contribution in [2.24, 2.45) is 0 Å². The van der Waals surface area contributed by atoms with Gasteiger partial charge in [-0.25, -0.2) is 15.0 Å². The molecule has 1 aliphatic carbocycles. The summed E-state index contributed by atoms with van der Waals surface area (Å²) in [6.45, 7) is 0. The molecule has 45 heavy (non-hydrogen) atoms. The highest BCUT2D eigenvalue weighted by Gasteiger charge is 2.19. The third kappa shape index (κ3) is 4.42. The van der Waals surface area contributed by atoms with Gasteiger partial charge in [0.15, 0.2) is 17.5 Å². The van der Waals surface area contributed by atoms with Crippen LogP contribution < -0.4 is 0 Å². The molecule has 0 saturated carbocycles. The van der Waals surface area contributed by atoms with Crippen molar-refractivity contribution in [1.82, 2.24) is 15.0 Å². The van der Waals surface area contributed by atoms with E-state index in [1.807, 2.05) is 60.7 Å². The molecule has 0 atom stereocenters. The molecule has 0 unspecified atom stereocenters. The average molecular weight is 578 g/mol. The summed E-state index contributed by atoms with van der Waals surface area (Å²) in [4.78, 5) is 15.0. The molecule has 1 aliphatic rings. The number of aromatic nitrogens is 3. The van der Waals surface area contributed by atoms with Crippen LogP contribution in [0.2, 0.25) is 0 Å². The number of benzene rings is 6. The molecule has 8 aromatic rings.